The van der Waals surface area contributed by atoms with Crippen molar-refractivity contribution >= 4 is 63.2 Å². The predicted octanol–water partition coefficient (Wildman–Crippen LogP) is 4.55. The normalized spacial score (nSPS) is 15.9. The zero-order valence-electron chi connectivity index (χ0n) is 14.0. The van der Waals surface area contributed by atoms with Gasteiger partial charge in [0.2, 0.25) is 5.91 Å². The highest BCUT2D eigenvalue weighted by molar-refractivity contribution is 8.15. The Labute approximate surface area is 170 Å². The number of thioether (sulfide) groups is 1. The minimum absolute atomic E-state index is 0.0506. The monoisotopic (exact) mass is 416 g/mol. The highest BCUT2D eigenvalue weighted by Gasteiger charge is 2.16. The number of benzene rings is 2. The van der Waals surface area contributed by atoms with Crippen LogP contribution in [-0.2, 0) is 11.3 Å². The molecule has 0 spiro atoms. The Bertz CT molecular complexity index is 1090. The molecule has 1 saturated heterocycles. The van der Waals surface area contributed by atoms with E-state index < -0.39 is 0 Å². The molecule has 0 aliphatic carbocycles. The molecule has 0 unspecified atom stereocenters. The first kappa shape index (κ1) is 18.1. The lowest BCUT2D eigenvalue weighted by molar-refractivity contribution is -0.116. The van der Waals surface area contributed by atoms with Crippen LogP contribution in [0.5, 0.6) is 0 Å². The number of fused-ring (bicyclic) bond motifs is 1. The highest BCUT2D eigenvalue weighted by atomic mass is 35.5. The smallest absolute Gasteiger partial charge is 0.236 e. The Kier molecular flexibility index (Phi) is 5.20. The second kappa shape index (κ2) is 7.76. The van der Waals surface area contributed by atoms with E-state index in [4.69, 9.17) is 23.2 Å². The lowest BCUT2D eigenvalue weighted by atomic mass is 10.2. The van der Waals surface area contributed by atoms with E-state index in [-0.39, 0.29) is 5.91 Å². The molecule has 1 aromatic heterocycles. The lowest BCUT2D eigenvalue weighted by Crippen LogP contribution is -2.19. The van der Waals surface area contributed by atoms with Crippen LogP contribution in [0.1, 0.15) is 11.1 Å². The van der Waals surface area contributed by atoms with Gasteiger partial charge in [-0.1, -0.05) is 59.2 Å². The average molecular weight is 417 g/mol. The zero-order valence-corrected chi connectivity index (χ0v) is 16.4. The summed E-state index contributed by atoms with van der Waals surface area (Å²) in [5.41, 5.74) is 2.99. The molecule has 0 radical (unpaired) electrons. The van der Waals surface area contributed by atoms with Gasteiger partial charge in [0.1, 0.15) is 0 Å². The van der Waals surface area contributed by atoms with Crippen LogP contribution in [-0.4, -0.2) is 27.6 Å². The zero-order chi connectivity index (χ0) is 18.8. The molecule has 136 valence electrons. The van der Waals surface area contributed by atoms with Crippen LogP contribution >= 0.6 is 35.0 Å². The van der Waals surface area contributed by atoms with Gasteiger partial charge in [-0.15, -0.1) is 5.10 Å². The van der Waals surface area contributed by atoms with Crippen molar-refractivity contribution in [3.05, 3.63) is 69.8 Å². The average Bonchev–Trinajstić information content (AvgIpc) is 3.22. The number of rotatable bonds is 4. The highest BCUT2D eigenvalue weighted by Crippen LogP contribution is 2.25. The van der Waals surface area contributed by atoms with Crippen molar-refractivity contribution in [2.24, 2.45) is 10.2 Å². The number of hydrogen-bond donors (Lipinski definition) is 1. The fourth-order valence-electron chi connectivity index (χ4n) is 2.87. The number of amides is 1. The van der Waals surface area contributed by atoms with Crippen molar-refractivity contribution in [2.75, 3.05) is 5.75 Å². The summed E-state index contributed by atoms with van der Waals surface area (Å²) in [6, 6.07) is 13.6. The van der Waals surface area contributed by atoms with Gasteiger partial charge < -0.3 is 9.88 Å². The van der Waals surface area contributed by atoms with E-state index in [9.17, 15) is 4.79 Å². The molecule has 2 heterocycles. The third-order valence-corrected chi connectivity index (χ3v) is 5.56. The number of carbonyl (C=O) groups is 1. The number of nitrogens with one attached hydrogen (secondary N) is 1. The SMILES string of the molecule is O=C1CSC(=N/N=C/c2cn(Cc3ccc(Cl)cc3Cl)c3ccccc23)N1. The van der Waals surface area contributed by atoms with Crippen LogP contribution < -0.4 is 5.32 Å². The van der Waals surface area contributed by atoms with Crippen LogP contribution in [0.25, 0.3) is 10.9 Å². The molecule has 0 bridgehead atoms. The molecule has 1 aliphatic rings. The van der Waals surface area contributed by atoms with Crippen LogP contribution in [0.3, 0.4) is 0 Å². The Hall–Kier alpha value is -2.28. The third kappa shape index (κ3) is 4.03. The van der Waals surface area contributed by atoms with Crippen molar-refractivity contribution in [1.29, 1.82) is 0 Å². The standard InChI is InChI=1S/C19H14Cl2N4OS/c20-14-6-5-12(16(21)7-14)9-25-10-13(15-3-1-2-4-17(15)25)8-22-24-19-23-18(26)11-27-19/h1-8,10H,9,11H2,(H,23,24,26)/b22-8+. The van der Waals surface area contributed by atoms with Gasteiger partial charge in [0.15, 0.2) is 5.17 Å². The number of nitrogens with zero attached hydrogens (tertiary/aromatic N) is 3. The van der Waals surface area contributed by atoms with Gasteiger partial charge >= 0.3 is 0 Å². The maximum atomic E-state index is 11.2. The van der Waals surface area contributed by atoms with Crippen molar-refractivity contribution < 1.29 is 4.79 Å². The Morgan fingerprint density at radius 2 is 2.07 bits per heavy atom. The summed E-state index contributed by atoms with van der Waals surface area (Å²) < 4.78 is 2.12. The van der Waals surface area contributed by atoms with Crippen LogP contribution in [0.2, 0.25) is 10.0 Å². The molecule has 0 saturated carbocycles. The molecule has 0 atom stereocenters. The molecule has 3 aromatic rings. The van der Waals surface area contributed by atoms with Gasteiger partial charge in [0.25, 0.3) is 0 Å². The van der Waals surface area contributed by atoms with Crippen molar-refractivity contribution in [3.8, 4) is 0 Å². The number of halogens is 2. The number of amidine groups is 1. The molecule has 27 heavy (non-hydrogen) atoms. The summed E-state index contributed by atoms with van der Waals surface area (Å²) in [4.78, 5) is 11.2. The molecule has 1 N–H and O–H groups in total. The first-order valence-corrected chi connectivity index (χ1v) is 9.90. The third-order valence-electron chi connectivity index (χ3n) is 4.11. The van der Waals surface area contributed by atoms with Gasteiger partial charge in [-0.25, -0.2) is 0 Å². The van der Waals surface area contributed by atoms with Crippen molar-refractivity contribution in [2.45, 2.75) is 6.54 Å². The molecular formula is C19H14Cl2N4OS. The van der Waals surface area contributed by atoms with Crippen LogP contribution in [0.4, 0.5) is 0 Å². The summed E-state index contributed by atoms with van der Waals surface area (Å²) in [5.74, 6) is 0.334. The Morgan fingerprint density at radius 3 is 2.85 bits per heavy atom. The van der Waals surface area contributed by atoms with Crippen molar-refractivity contribution in [1.82, 2.24) is 9.88 Å². The lowest BCUT2D eigenvalue weighted by Gasteiger charge is -2.08. The van der Waals surface area contributed by atoms with Crippen LogP contribution in [0, 0.1) is 0 Å². The molecule has 4 rings (SSSR count). The molecular weight excluding hydrogens is 403 g/mol. The first-order chi connectivity index (χ1) is 13.1. The minimum Gasteiger partial charge on any atom is -0.342 e. The van der Waals surface area contributed by atoms with E-state index in [2.05, 4.69) is 26.2 Å². The number of hydrogen-bond acceptors (Lipinski definition) is 4. The van der Waals surface area contributed by atoms with Crippen molar-refractivity contribution in [3.63, 3.8) is 0 Å². The van der Waals surface area contributed by atoms with E-state index in [0.29, 0.717) is 27.5 Å². The summed E-state index contributed by atoms with van der Waals surface area (Å²) in [5, 5.41) is 13.7. The van der Waals surface area contributed by atoms with E-state index in [0.717, 1.165) is 22.0 Å². The molecule has 1 fully saturated rings. The van der Waals surface area contributed by atoms with Gasteiger partial charge in [-0.05, 0) is 23.8 Å². The number of para-hydroxylation sites is 1. The van der Waals surface area contributed by atoms with E-state index in [1.807, 2.05) is 36.5 Å². The van der Waals surface area contributed by atoms with Gasteiger partial charge in [0, 0.05) is 39.3 Å². The van der Waals surface area contributed by atoms with Crippen LogP contribution in [0.15, 0.2) is 58.9 Å². The Morgan fingerprint density at radius 1 is 1.22 bits per heavy atom. The Balaban J connectivity index is 1.65. The summed E-state index contributed by atoms with van der Waals surface area (Å²) >= 11 is 13.7. The maximum Gasteiger partial charge on any atom is 0.236 e. The van der Waals surface area contributed by atoms with E-state index >= 15 is 0 Å². The second-order valence-electron chi connectivity index (χ2n) is 5.95. The number of carbonyl (C=O) groups excluding carboxylic acids is 1. The molecule has 8 heteroatoms. The maximum absolute atomic E-state index is 11.2. The summed E-state index contributed by atoms with van der Waals surface area (Å²) in [6.45, 7) is 0.616. The van der Waals surface area contributed by atoms with E-state index in [1.165, 1.54) is 11.8 Å². The second-order valence-corrected chi connectivity index (χ2v) is 7.76. The van der Waals surface area contributed by atoms with E-state index in [1.54, 1.807) is 12.3 Å². The largest absolute Gasteiger partial charge is 0.342 e. The minimum atomic E-state index is -0.0506. The summed E-state index contributed by atoms with van der Waals surface area (Å²) in [7, 11) is 0. The molecule has 1 amide bonds. The van der Waals surface area contributed by atoms with Gasteiger partial charge in [-0.2, -0.15) is 5.10 Å². The molecule has 1 aliphatic heterocycles. The quantitative estimate of drug-likeness (QED) is 0.500. The predicted molar refractivity (Wildman–Crippen MR) is 113 cm³/mol. The summed E-state index contributed by atoms with van der Waals surface area (Å²) in [6.07, 6.45) is 3.71. The topological polar surface area (TPSA) is 58.8 Å². The number of aromatic nitrogens is 1. The van der Waals surface area contributed by atoms with Gasteiger partial charge in [0.05, 0.1) is 12.0 Å². The first-order valence-electron chi connectivity index (χ1n) is 8.15. The molecule has 2 aromatic carbocycles. The molecule has 5 nitrogen and oxygen atoms in total. The fraction of sp³-hybridized carbons (Fsp3) is 0.105. The van der Waals surface area contributed by atoms with Gasteiger partial charge in [-0.3, -0.25) is 4.79 Å². The fourth-order valence-corrected chi connectivity index (χ4v) is 3.96.